The number of carboxylic acid groups (broad SMARTS) is 1. The van der Waals surface area contributed by atoms with Crippen molar-refractivity contribution in [2.75, 3.05) is 0 Å². The van der Waals surface area contributed by atoms with Crippen LogP contribution in [0.25, 0.3) is 11.3 Å². The molecule has 3 rings (SSSR count). The first-order valence-electron chi connectivity index (χ1n) is 7.44. The fourth-order valence-corrected chi connectivity index (χ4v) is 2.82. The van der Waals surface area contributed by atoms with Crippen LogP contribution in [0.1, 0.15) is 37.6 Å². The van der Waals surface area contributed by atoms with Crippen LogP contribution in [0.4, 0.5) is 0 Å². The number of carbonyl (C=O) groups is 1. The summed E-state index contributed by atoms with van der Waals surface area (Å²) >= 11 is 0. The maximum Gasteiger partial charge on any atom is 0.307 e. The van der Waals surface area contributed by atoms with Crippen molar-refractivity contribution >= 4 is 5.97 Å². The zero-order chi connectivity index (χ0) is 15.0. The standard InChI is InChI=1S/C17H20N2O2/c1-11(2)12-3-5-13(6-4-12)15-10-19-8-7-14(17(20)21)9-16(19)18-15/h3-6,10-11,14H,7-9H2,1-2H3,(H,20,21). The highest BCUT2D eigenvalue weighted by molar-refractivity contribution is 5.70. The molecule has 0 saturated carbocycles. The molecule has 4 heteroatoms. The largest absolute Gasteiger partial charge is 0.481 e. The van der Waals surface area contributed by atoms with E-state index in [1.165, 1.54) is 5.56 Å². The average molecular weight is 284 g/mol. The van der Waals surface area contributed by atoms with Gasteiger partial charge < -0.3 is 9.67 Å². The Bertz CT molecular complexity index is 656. The summed E-state index contributed by atoms with van der Waals surface area (Å²) in [6, 6.07) is 8.47. The third kappa shape index (κ3) is 2.71. The fourth-order valence-electron chi connectivity index (χ4n) is 2.82. The molecule has 110 valence electrons. The molecule has 0 fully saturated rings. The lowest BCUT2D eigenvalue weighted by atomic mass is 9.98. The Morgan fingerprint density at radius 3 is 2.67 bits per heavy atom. The van der Waals surface area contributed by atoms with E-state index in [1.807, 2.05) is 6.20 Å². The molecule has 21 heavy (non-hydrogen) atoms. The number of hydrogen-bond acceptors (Lipinski definition) is 2. The lowest BCUT2D eigenvalue weighted by Gasteiger charge is -2.19. The van der Waals surface area contributed by atoms with Gasteiger partial charge in [0, 0.05) is 24.7 Å². The molecule has 1 N–H and O–H groups in total. The van der Waals surface area contributed by atoms with Crippen LogP contribution in [-0.4, -0.2) is 20.6 Å². The number of hydrogen-bond donors (Lipinski definition) is 1. The molecule has 2 aromatic rings. The molecule has 1 aromatic carbocycles. The van der Waals surface area contributed by atoms with E-state index in [9.17, 15) is 4.79 Å². The number of carboxylic acids is 1. The molecule has 1 aliphatic heterocycles. The van der Waals surface area contributed by atoms with Gasteiger partial charge in [0.2, 0.25) is 0 Å². The number of imidazole rings is 1. The molecular weight excluding hydrogens is 264 g/mol. The molecule has 1 atom stereocenters. The average Bonchev–Trinajstić information content (AvgIpc) is 2.90. The Balaban J connectivity index is 1.86. The van der Waals surface area contributed by atoms with Crippen molar-refractivity contribution in [1.82, 2.24) is 9.55 Å². The normalized spacial score (nSPS) is 17.8. The van der Waals surface area contributed by atoms with Crippen LogP contribution in [0.5, 0.6) is 0 Å². The van der Waals surface area contributed by atoms with E-state index in [0.29, 0.717) is 18.8 Å². The third-order valence-corrected chi connectivity index (χ3v) is 4.23. The van der Waals surface area contributed by atoms with Crippen LogP contribution in [0.15, 0.2) is 30.5 Å². The second kappa shape index (κ2) is 5.35. The second-order valence-corrected chi connectivity index (χ2v) is 6.04. The molecule has 1 aliphatic rings. The second-order valence-electron chi connectivity index (χ2n) is 6.04. The first-order chi connectivity index (χ1) is 10.0. The van der Waals surface area contributed by atoms with Crippen LogP contribution < -0.4 is 0 Å². The predicted molar refractivity (Wildman–Crippen MR) is 81.2 cm³/mol. The van der Waals surface area contributed by atoms with E-state index in [1.54, 1.807) is 0 Å². The summed E-state index contributed by atoms with van der Waals surface area (Å²) in [6.45, 7) is 5.09. The highest BCUT2D eigenvalue weighted by atomic mass is 16.4. The van der Waals surface area contributed by atoms with Crippen LogP contribution >= 0.6 is 0 Å². The maximum absolute atomic E-state index is 11.1. The Labute approximate surface area is 124 Å². The van der Waals surface area contributed by atoms with Crippen LogP contribution in [0.3, 0.4) is 0 Å². The Kier molecular flexibility index (Phi) is 3.53. The number of aliphatic carboxylic acids is 1. The Hall–Kier alpha value is -2.10. The predicted octanol–water partition coefficient (Wildman–Crippen LogP) is 3.32. The zero-order valence-electron chi connectivity index (χ0n) is 12.4. The van der Waals surface area contributed by atoms with Gasteiger partial charge in [0.1, 0.15) is 5.82 Å². The van der Waals surface area contributed by atoms with Gasteiger partial charge in [-0.2, -0.15) is 0 Å². The van der Waals surface area contributed by atoms with Crippen molar-refractivity contribution in [3.63, 3.8) is 0 Å². The molecule has 0 amide bonds. The topological polar surface area (TPSA) is 55.1 Å². The molecular formula is C17H20N2O2. The lowest BCUT2D eigenvalue weighted by Crippen LogP contribution is -2.25. The smallest absolute Gasteiger partial charge is 0.307 e. The number of rotatable bonds is 3. The van der Waals surface area contributed by atoms with Crippen molar-refractivity contribution in [2.24, 2.45) is 5.92 Å². The molecule has 2 heterocycles. The molecule has 1 unspecified atom stereocenters. The molecule has 1 aromatic heterocycles. The Morgan fingerprint density at radius 1 is 1.33 bits per heavy atom. The van der Waals surface area contributed by atoms with Gasteiger partial charge in [-0.1, -0.05) is 38.1 Å². The van der Waals surface area contributed by atoms with E-state index in [0.717, 1.165) is 23.6 Å². The molecule has 0 bridgehead atoms. The summed E-state index contributed by atoms with van der Waals surface area (Å²) in [5.74, 6) is 0.394. The molecule has 0 spiro atoms. The van der Waals surface area contributed by atoms with Gasteiger partial charge in [0.15, 0.2) is 0 Å². The minimum atomic E-state index is -0.716. The van der Waals surface area contributed by atoms with E-state index >= 15 is 0 Å². The van der Waals surface area contributed by atoms with Gasteiger partial charge in [0.05, 0.1) is 11.6 Å². The summed E-state index contributed by atoms with van der Waals surface area (Å²) in [5.41, 5.74) is 3.34. The first kappa shape index (κ1) is 13.9. The molecule has 4 nitrogen and oxygen atoms in total. The van der Waals surface area contributed by atoms with Crippen molar-refractivity contribution in [2.45, 2.75) is 39.2 Å². The number of benzene rings is 1. The van der Waals surface area contributed by atoms with Crippen LogP contribution in [-0.2, 0) is 17.8 Å². The van der Waals surface area contributed by atoms with Crippen molar-refractivity contribution in [3.8, 4) is 11.3 Å². The molecule has 0 aliphatic carbocycles. The van der Waals surface area contributed by atoms with Crippen molar-refractivity contribution in [3.05, 3.63) is 41.9 Å². The van der Waals surface area contributed by atoms with E-state index < -0.39 is 5.97 Å². The van der Waals surface area contributed by atoms with Gasteiger partial charge in [-0.25, -0.2) is 4.98 Å². The van der Waals surface area contributed by atoms with Gasteiger partial charge in [-0.05, 0) is 17.9 Å². The highest BCUT2D eigenvalue weighted by Crippen LogP contribution is 2.26. The number of aromatic nitrogens is 2. The third-order valence-electron chi connectivity index (χ3n) is 4.23. The lowest BCUT2D eigenvalue weighted by molar-refractivity contribution is -0.142. The maximum atomic E-state index is 11.1. The molecule has 0 saturated heterocycles. The van der Waals surface area contributed by atoms with Gasteiger partial charge in [-0.3, -0.25) is 4.79 Å². The number of nitrogens with zero attached hydrogens (tertiary/aromatic N) is 2. The first-order valence-corrected chi connectivity index (χ1v) is 7.44. The number of aryl methyl sites for hydroxylation is 1. The monoisotopic (exact) mass is 284 g/mol. The summed E-state index contributed by atoms with van der Waals surface area (Å²) in [6.07, 6.45) is 3.25. The van der Waals surface area contributed by atoms with Gasteiger partial charge in [0.25, 0.3) is 0 Å². The summed E-state index contributed by atoms with van der Waals surface area (Å²) in [4.78, 5) is 15.7. The van der Waals surface area contributed by atoms with E-state index in [4.69, 9.17) is 5.11 Å². The molecule has 0 radical (unpaired) electrons. The minimum Gasteiger partial charge on any atom is -0.481 e. The highest BCUT2D eigenvalue weighted by Gasteiger charge is 2.25. The van der Waals surface area contributed by atoms with E-state index in [2.05, 4.69) is 47.7 Å². The zero-order valence-corrected chi connectivity index (χ0v) is 12.4. The summed E-state index contributed by atoms with van der Waals surface area (Å²) < 4.78 is 2.09. The minimum absolute atomic E-state index is 0.295. The Morgan fingerprint density at radius 2 is 2.05 bits per heavy atom. The van der Waals surface area contributed by atoms with E-state index in [-0.39, 0.29) is 5.92 Å². The summed E-state index contributed by atoms with van der Waals surface area (Å²) in [5, 5.41) is 9.13. The number of fused-ring (bicyclic) bond motifs is 1. The quantitative estimate of drug-likeness (QED) is 0.940. The van der Waals surface area contributed by atoms with Crippen LogP contribution in [0.2, 0.25) is 0 Å². The fraction of sp³-hybridized carbons (Fsp3) is 0.412. The van der Waals surface area contributed by atoms with Crippen molar-refractivity contribution in [1.29, 1.82) is 0 Å². The summed E-state index contributed by atoms with van der Waals surface area (Å²) in [7, 11) is 0. The van der Waals surface area contributed by atoms with Gasteiger partial charge >= 0.3 is 5.97 Å². The van der Waals surface area contributed by atoms with Crippen LogP contribution in [0, 0.1) is 5.92 Å². The van der Waals surface area contributed by atoms with Gasteiger partial charge in [-0.15, -0.1) is 0 Å². The SMILES string of the molecule is CC(C)c1ccc(-c2cn3c(n2)CC(C(=O)O)CC3)cc1. The van der Waals surface area contributed by atoms with Crippen molar-refractivity contribution < 1.29 is 9.90 Å².